The Morgan fingerprint density at radius 3 is 2.30 bits per heavy atom. The van der Waals surface area contributed by atoms with Crippen LogP contribution in [-0.4, -0.2) is 81.3 Å². The second-order valence-corrected chi connectivity index (χ2v) is 10.2. The van der Waals surface area contributed by atoms with Gasteiger partial charge in [-0.05, 0) is 19.1 Å². The van der Waals surface area contributed by atoms with Crippen molar-refractivity contribution in [2.45, 2.75) is 38.2 Å². The molecule has 138 valence electrons. The molecule has 0 spiro atoms. The van der Waals surface area contributed by atoms with Crippen molar-refractivity contribution >= 4 is 27.5 Å². The first-order valence-corrected chi connectivity index (χ1v) is 10.7. The van der Waals surface area contributed by atoms with E-state index in [2.05, 4.69) is 13.8 Å². The highest BCUT2D eigenvalue weighted by Crippen LogP contribution is 2.07. The van der Waals surface area contributed by atoms with Gasteiger partial charge in [-0.3, -0.25) is 4.79 Å². The molecule has 0 heterocycles. The fourth-order valence-corrected chi connectivity index (χ4v) is 2.96. The first-order chi connectivity index (χ1) is 10.7. The summed E-state index contributed by atoms with van der Waals surface area (Å²) in [7, 11) is -1.38. The van der Waals surface area contributed by atoms with Crippen molar-refractivity contribution in [1.82, 2.24) is 4.90 Å². The molecule has 0 saturated heterocycles. The van der Waals surface area contributed by atoms with Gasteiger partial charge in [0.05, 0.1) is 30.8 Å². The van der Waals surface area contributed by atoms with Crippen LogP contribution < -0.4 is 0 Å². The predicted molar refractivity (Wildman–Crippen MR) is 95.8 cm³/mol. The van der Waals surface area contributed by atoms with Gasteiger partial charge in [0.25, 0.3) is 0 Å². The average molecular weight is 370 g/mol. The van der Waals surface area contributed by atoms with Crippen molar-refractivity contribution in [1.29, 1.82) is 0 Å². The topological polar surface area (TPSA) is 72.9 Å². The number of carbonyl (C=O) groups is 1. The van der Waals surface area contributed by atoms with E-state index in [0.717, 1.165) is 5.75 Å². The first kappa shape index (κ1) is 22.7. The molecule has 0 saturated carbocycles. The number of nitrogens with zero attached hydrogens (tertiary/aromatic N) is 1. The average Bonchev–Trinajstić information content (AvgIpc) is 2.45. The molecule has 0 unspecified atom stereocenters. The first-order valence-electron chi connectivity index (χ1n) is 7.89. The van der Waals surface area contributed by atoms with Crippen LogP contribution in [0.3, 0.4) is 0 Å². The molecule has 0 aromatic rings. The van der Waals surface area contributed by atoms with Gasteiger partial charge < -0.3 is 14.4 Å². The van der Waals surface area contributed by atoms with Crippen molar-refractivity contribution in [3.63, 3.8) is 0 Å². The highest BCUT2D eigenvalue weighted by molar-refractivity contribution is 7.99. The smallest absolute Gasteiger partial charge is 0.248 e. The van der Waals surface area contributed by atoms with Crippen LogP contribution in [0.5, 0.6) is 0 Å². The summed E-state index contributed by atoms with van der Waals surface area (Å²) in [4.78, 5) is 13.3. The van der Waals surface area contributed by atoms with E-state index in [9.17, 15) is 13.2 Å². The number of hydrogen-bond acceptors (Lipinski definition) is 6. The maximum atomic E-state index is 11.8. The number of likely N-dealkylation sites (N-methyl/N-ethyl adjacent to an activating group) is 1. The minimum Gasteiger partial charge on any atom is -0.379 e. The minimum absolute atomic E-state index is 0.0129. The van der Waals surface area contributed by atoms with Crippen LogP contribution in [0.1, 0.15) is 27.7 Å². The maximum Gasteiger partial charge on any atom is 0.248 e. The van der Waals surface area contributed by atoms with Crippen LogP contribution in [0.4, 0.5) is 0 Å². The van der Waals surface area contributed by atoms with E-state index < -0.39 is 9.84 Å². The van der Waals surface area contributed by atoms with E-state index in [1.807, 2.05) is 0 Å². The van der Waals surface area contributed by atoms with Gasteiger partial charge in [0.2, 0.25) is 5.91 Å². The molecule has 0 aromatic heterocycles. The summed E-state index contributed by atoms with van der Waals surface area (Å²) in [6, 6.07) is 0. The van der Waals surface area contributed by atoms with Gasteiger partial charge in [-0.25, -0.2) is 8.42 Å². The molecule has 0 radical (unpaired) electrons. The Bertz CT molecular complexity index is 424. The second-order valence-electron chi connectivity index (χ2n) is 5.82. The third kappa shape index (κ3) is 11.8. The fourth-order valence-electron chi connectivity index (χ4n) is 1.45. The highest BCUT2D eigenvalue weighted by atomic mass is 32.2. The lowest BCUT2D eigenvalue weighted by molar-refractivity contribution is -0.135. The molecule has 0 fully saturated rings. The van der Waals surface area contributed by atoms with Crippen LogP contribution in [-0.2, 0) is 24.1 Å². The molecular weight excluding hydrogens is 338 g/mol. The van der Waals surface area contributed by atoms with E-state index in [4.69, 9.17) is 9.47 Å². The minimum atomic E-state index is -3.07. The lowest BCUT2D eigenvalue weighted by Gasteiger charge is -2.17. The Balaban J connectivity index is 3.69. The van der Waals surface area contributed by atoms with Crippen LogP contribution >= 0.6 is 11.8 Å². The van der Waals surface area contributed by atoms with Crippen molar-refractivity contribution in [2.75, 3.05) is 51.5 Å². The molecule has 1 amide bonds. The van der Waals surface area contributed by atoms with Crippen molar-refractivity contribution < 1.29 is 22.7 Å². The zero-order valence-corrected chi connectivity index (χ0v) is 16.5. The third-order valence-electron chi connectivity index (χ3n) is 3.13. The summed E-state index contributed by atoms with van der Waals surface area (Å²) >= 11 is 1.80. The Morgan fingerprint density at radius 1 is 1.09 bits per heavy atom. The molecule has 23 heavy (non-hydrogen) atoms. The lowest BCUT2D eigenvalue weighted by atomic mass is 10.5. The van der Waals surface area contributed by atoms with Gasteiger partial charge in [0.15, 0.2) is 9.84 Å². The molecule has 0 atom stereocenters. The van der Waals surface area contributed by atoms with Crippen LogP contribution in [0, 0.1) is 0 Å². The summed E-state index contributed by atoms with van der Waals surface area (Å²) in [5.74, 6) is 0.791. The number of carbonyl (C=O) groups excluding carboxylic acids is 1. The molecule has 6 nitrogen and oxygen atoms in total. The van der Waals surface area contributed by atoms with E-state index in [-0.39, 0.29) is 30.1 Å². The molecule has 0 aliphatic carbocycles. The van der Waals surface area contributed by atoms with Crippen molar-refractivity contribution in [3.05, 3.63) is 0 Å². The van der Waals surface area contributed by atoms with Crippen molar-refractivity contribution in [2.24, 2.45) is 0 Å². The standard InChI is InChI=1S/C15H31NO5S2/c1-13(2)22-10-8-21-12-15(17)16(5)6-7-20-9-11-23(18,19)14(3)4/h13-14H,6-12H2,1-5H3. The lowest BCUT2D eigenvalue weighted by Crippen LogP contribution is -2.33. The van der Waals surface area contributed by atoms with Gasteiger partial charge in [-0.1, -0.05) is 13.8 Å². The number of rotatable bonds is 13. The fraction of sp³-hybridized carbons (Fsp3) is 0.933. The molecule has 0 aromatic carbocycles. The SMILES string of the molecule is CC(C)SCCOCC(=O)N(C)CCOCCS(=O)(=O)C(C)C. The quantitative estimate of drug-likeness (QED) is 0.458. The number of sulfone groups is 1. The maximum absolute atomic E-state index is 11.8. The largest absolute Gasteiger partial charge is 0.379 e. The molecule has 8 heteroatoms. The van der Waals surface area contributed by atoms with E-state index in [1.54, 1.807) is 32.7 Å². The van der Waals surface area contributed by atoms with Gasteiger partial charge in [0, 0.05) is 19.3 Å². The normalized spacial score (nSPS) is 12.1. The zero-order valence-electron chi connectivity index (χ0n) is 14.9. The van der Waals surface area contributed by atoms with E-state index in [1.165, 1.54) is 4.90 Å². The van der Waals surface area contributed by atoms with Crippen LogP contribution in [0.2, 0.25) is 0 Å². The van der Waals surface area contributed by atoms with Crippen LogP contribution in [0.15, 0.2) is 0 Å². The van der Waals surface area contributed by atoms with E-state index >= 15 is 0 Å². The van der Waals surface area contributed by atoms with E-state index in [0.29, 0.717) is 25.0 Å². The summed E-state index contributed by atoms with van der Waals surface area (Å²) in [5, 5.41) is 0.176. The Hall–Kier alpha value is -0.310. The number of thioether (sulfide) groups is 1. The molecule has 0 N–H and O–H groups in total. The molecule has 0 aliphatic rings. The number of amides is 1. The van der Waals surface area contributed by atoms with Gasteiger partial charge in [-0.2, -0.15) is 11.8 Å². The molecule has 0 rings (SSSR count). The Labute approximate surface area is 145 Å². The Morgan fingerprint density at radius 2 is 1.74 bits per heavy atom. The van der Waals surface area contributed by atoms with Crippen molar-refractivity contribution in [3.8, 4) is 0 Å². The molecule has 0 bridgehead atoms. The number of ether oxygens (including phenoxy) is 2. The summed E-state index contributed by atoms with van der Waals surface area (Å²) in [5.41, 5.74) is 0. The summed E-state index contributed by atoms with van der Waals surface area (Å²) < 4.78 is 33.8. The van der Waals surface area contributed by atoms with Gasteiger partial charge >= 0.3 is 0 Å². The van der Waals surface area contributed by atoms with Gasteiger partial charge in [-0.15, -0.1) is 0 Å². The molecular formula is C15H31NO5S2. The summed E-state index contributed by atoms with van der Waals surface area (Å²) in [6.45, 7) is 9.08. The number of hydrogen-bond donors (Lipinski definition) is 0. The second kappa shape index (κ2) is 12.1. The van der Waals surface area contributed by atoms with Gasteiger partial charge in [0.1, 0.15) is 6.61 Å². The monoisotopic (exact) mass is 369 g/mol. The summed E-state index contributed by atoms with van der Waals surface area (Å²) in [6.07, 6.45) is 0. The highest BCUT2D eigenvalue weighted by Gasteiger charge is 2.15. The van der Waals surface area contributed by atoms with Crippen LogP contribution in [0.25, 0.3) is 0 Å². The Kier molecular flexibility index (Phi) is 11.9. The third-order valence-corrected chi connectivity index (χ3v) is 6.37. The molecule has 0 aliphatic heterocycles. The predicted octanol–water partition coefficient (Wildman–Crippen LogP) is 1.44. The zero-order chi connectivity index (χ0) is 17.9.